The Labute approximate surface area is 134 Å². The molecule has 3 nitrogen and oxygen atoms in total. The minimum absolute atomic E-state index is 0.283. The van der Waals surface area contributed by atoms with Gasteiger partial charge in [-0.1, -0.05) is 31.2 Å². The number of hydrogen-bond donors (Lipinski definition) is 0. The molecular formula is C19H28N2O. The molecule has 2 aliphatic rings. The van der Waals surface area contributed by atoms with Gasteiger partial charge < -0.3 is 9.80 Å². The highest BCUT2D eigenvalue weighted by molar-refractivity contribution is 5.75. The van der Waals surface area contributed by atoms with Crippen LogP contribution in [0.5, 0.6) is 0 Å². The number of benzene rings is 1. The van der Waals surface area contributed by atoms with Crippen molar-refractivity contribution in [2.75, 3.05) is 19.6 Å². The normalized spacial score (nSPS) is 22.7. The summed E-state index contributed by atoms with van der Waals surface area (Å²) in [6.07, 6.45) is 7.84. The topological polar surface area (TPSA) is 23.6 Å². The van der Waals surface area contributed by atoms with Crippen LogP contribution in [0.4, 0.5) is 4.79 Å². The quantitative estimate of drug-likeness (QED) is 0.772. The predicted octanol–water partition coefficient (Wildman–Crippen LogP) is 3.86. The smallest absolute Gasteiger partial charge is 0.320 e. The van der Waals surface area contributed by atoms with Crippen molar-refractivity contribution in [2.24, 2.45) is 0 Å². The van der Waals surface area contributed by atoms with E-state index >= 15 is 0 Å². The summed E-state index contributed by atoms with van der Waals surface area (Å²) in [5.74, 6) is 0. The van der Waals surface area contributed by atoms with E-state index in [2.05, 4.69) is 41.0 Å². The summed E-state index contributed by atoms with van der Waals surface area (Å²) in [4.78, 5) is 17.2. The zero-order valence-corrected chi connectivity index (χ0v) is 13.8. The van der Waals surface area contributed by atoms with E-state index < -0.39 is 0 Å². The van der Waals surface area contributed by atoms with Crippen LogP contribution in [-0.4, -0.2) is 41.5 Å². The molecule has 3 rings (SSSR count). The molecule has 0 aliphatic carbocycles. The van der Waals surface area contributed by atoms with Crippen LogP contribution in [0.25, 0.3) is 0 Å². The minimum Gasteiger partial charge on any atom is -0.325 e. The van der Waals surface area contributed by atoms with Gasteiger partial charge in [0.25, 0.3) is 0 Å². The first-order chi connectivity index (χ1) is 10.8. The van der Waals surface area contributed by atoms with Crippen LogP contribution in [0.1, 0.15) is 50.2 Å². The van der Waals surface area contributed by atoms with Gasteiger partial charge in [-0.3, -0.25) is 0 Å². The molecule has 0 bridgehead atoms. The highest BCUT2D eigenvalue weighted by atomic mass is 16.2. The Bertz CT molecular complexity index is 508. The Morgan fingerprint density at radius 2 is 1.73 bits per heavy atom. The van der Waals surface area contributed by atoms with Gasteiger partial charge in [0.1, 0.15) is 0 Å². The van der Waals surface area contributed by atoms with Crippen molar-refractivity contribution in [3.63, 3.8) is 0 Å². The second kappa shape index (κ2) is 7.17. The second-order valence-electron chi connectivity index (χ2n) is 6.64. The first kappa shape index (κ1) is 15.4. The third kappa shape index (κ3) is 3.29. The number of urea groups is 1. The van der Waals surface area contributed by atoms with Gasteiger partial charge in [-0.05, 0) is 56.1 Å². The van der Waals surface area contributed by atoms with Crippen molar-refractivity contribution in [2.45, 2.75) is 57.9 Å². The standard InChI is InChI=1S/C19H28N2O/c1-2-18-11-10-16-8-4-5-9-17(16)12-15-21(18)19(22)20-13-6-3-7-14-20/h4-5,8-9,18H,2-3,6-7,10-15H2,1H3. The van der Waals surface area contributed by atoms with Crippen LogP contribution in [0.3, 0.4) is 0 Å². The maximum atomic E-state index is 13.0. The van der Waals surface area contributed by atoms with Gasteiger partial charge in [0, 0.05) is 25.7 Å². The molecule has 1 aromatic carbocycles. The molecule has 2 amide bonds. The Morgan fingerprint density at radius 3 is 2.41 bits per heavy atom. The van der Waals surface area contributed by atoms with Gasteiger partial charge in [0.2, 0.25) is 0 Å². The van der Waals surface area contributed by atoms with Crippen molar-refractivity contribution in [1.29, 1.82) is 0 Å². The maximum Gasteiger partial charge on any atom is 0.320 e. The molecular weight excluding hydrogens is 272 g/mol. The Balaban J connectivity index is 1.76. The summed E-state index contributed by atoms with van der Waals surface area (Å²) in [5, 5.41) is 0. The van der Waals surface area contributed by atoms with Crippen molar-refractivity contribution in [3.8, 4) is 0 Å². The molecule has 22 heavy (non-hydrogen) atoms. The monoisotopic (exact) mass is 300 g/mol. The number of carbonyl (C=O) groups is 1. The van der Waals surface area contributed by atoms with Crippen molar-refractivity contribution < 1.29 is 4.79 Å². The van der Waals surface area contributed by atoms with Crippen LogP contribution in [0, 0.1) is 0 Å². The van der Waals surface area contributed by atoms with Crippen LogP contribution >= 0.6 is 0 Å². The van der Waals surface area contributed by atoms with Crippen molar-refractivity contribution >= 4 is 6.03 Å². The Morgan fingerprint density at radius 1 is 1.05 bits per heavy atom. The Hall–Kier alpha value is -1.51. The number of nitrogens with zero attached hydrogens (tertiary/aromatic N) is 2. The van der Waals surface area contributed by atoms with Crippen LogP contribution in [-0.2, 0) is 12.8 Å². The van der Waals surface area contributed by atoms with E-state index in [1.807, 2.05) is 0 Å². The second-order valence-corrected chi connectivity index (χ2v) is 6.64. The van der Waals surface area contributed by atoms with Crippen LogP contribution in [0.15, 0.2) is 24.3 Å². The number of likely N-dealkylation sites (tertiary alicyclic amines) is 1. The molecule has 1 saturated heterocycles. The van der Waals surface area contributed by atoms with Crippen LogP contribution < -0.4 is 0 Å². The fourth-order valence-corrected chi connectivity index (χ4v) is 3.89. The molecule has 0 saturated carbocycles. The third-order valence-electron chi connectivity index (χ3n) is 5.27. The van der Waals surface area contributed by atoms with Crippen molar-refractivity contribution in [3.05, 3.63) is 35.4 Å². The molecule has 1 unspecified atom stereocenters. The van der Waals surface area contributed by atoms with Gasteiger partial charge in [0.05, 0.1) is 0 Å². The number of carbonyl (C=O) groups excluding carboxylic acids is 1. The predicted molar refractivity (Wildman–Crippen MR) is 90.1 cm³/mol. The first-order valence-electron chi connectivity index (χ1n) is 8.92. The molecule has 0 spiro atoms. The number of fused-ring (bicyclic) bond motifs is 1. The molecule has 0 aromatic heterocycles. The molecule has 1 atom stereocenters. The highest BCUT2D eigenvalue weighted by Crippen LogP contribution is 2.23. The minimum atomic E-state index is 0.283. The summed E-state index contributed by atoms with van der Waals surface area (Å²) >= 11 is 0. The van der Waals surface area contributed by atoms with Gasteiger partial charge in [-0.25, -0.2) is 4.79 Å². The molecule has 2 heterocycles. The fraction of sp³-hybridized carbons (Fsp3) is 0.632. The largest absolute Gasteiger partial charge is 0.325 e. The number of amides is 2. The number of rotatable bonds is 1. The van der Waals surface area contributed by atoms with Gasteiger partial charge in [0.15, 0.2) is 0 Å². The number of hydrogen-bond acceptors (Lipinski definition) is 1. The van der Waals surface area contributed by atoms with E-state index in [0.717, 1.165) is 45.3 Å². The summed E-state index contributed by atoms with van der Waals surface area (Å²) < 4.78 is 0. The van der Waals surface area contributed by atoms with E-state index in [-0.39, 0.29) is 6.03 Å². The lowest BCUT2D eigenvalue weighted by Gasteiger charge is -2.38. The molecule has 1 aromatic rings. The zero-order valence-electron chi connectivity index (χ0n) is 13.8. The molecule has 0 N–H and O–H groups in total. The van der Waals surface area contributed by atoms with E-state index in [9.17, 15) is 4.79 Å². The van der Waals surface area contributed by atoms with E-state index in [1.165, 1.54) is 30.4 Å². The number of aryl methyl sites for hydroxylation is 1. The van der Waals surface area contributed by atoms with Crippen molar-refractivity contribution in [1.82, 2.24) is 9.80 Å². The van der Waals surface area contributed by atoms with E-state index in [4.69, 9.17) is 0 Å². The lowest BCUT2D eigenvalue weighted by Crippen LogP contribution is -2.50. The Kier molecular flexibility index (Phi) is 5.01. The summed E-state index contributed by atoms with van der Waals surface area (Å²) in [6, 6.07) is 9.41. The maximum absolute atomic E-state index is 13.0. The summed E-state index contributed by atoms with van der Waals surface area (Å²) in [5.41, 5.74) is 2.90. The van der Waals surface area contributed by atoms with Gasteiger partial charge >= 0.3 is 6.03 Å². The van der Waals surface area contributed by atoms with Gasteiger partial charge in [-0.2, -0.15) is 0 Å². The molecule has 3 heteroatoms. The average molecular weight is 300 g/mol. The number of piperidine rings is 1. The molecule has 2 aliphatic heterocycles. The third-order valence-corrected chi connectivity index (χ3v) is 5.27. The molecule has 120 valence electrons. The summed E-state index contributed by atoms with van der Waals surface area (Å²) in [7, 11) is 0. The van der Waals surface area contributed by atoms with Crippen LogP contribution in [0.2, 0.25) is 0 Å². The molecule has 0 radical (unpaired) electrons. The lowest BCUT2D eigenvalue weighted by molar-refractivity contribution is 0.120. The first-order valence-corrected chi connectivity index (χ1v) is 8.92. The van der Waals surface area contributed by atoms with Gasteiger partial charge in [-0.15, -0.1) is 0 Å². The molecule has 1 fully saturated rings. The summed E-state index contributed by atoms with van der Waals surface area (Å²) in [6.45, 7) is 4.98. The average Bonchev–Trinajstić information content (AvgIpc) is 2.56. The lowest BCUT2D eigenvalue weighted by atomic mass is 9.94. The fourth-order valence-electron chi connectivity index (χ4n) is 3.89. The van der Waals surface area contributed by atoms with E-state index in [1.54, 1.807) is 0 Å². The zero-order chi connectivity index (χ0) is 15.4. The SMILES string of the molecule is CCC1CCc2ccccc2CCN1C(=O)N1CCCCC1. The van der Waals surface area contributed by atoms with E-state index in [0.29, 0.717) is 6.04 Å². The highest BCUT2D eigenvalue weighted by Gasteiger charge is 2.28.